The monoisotopic (exact) mass is 262 g/mol. The van der Waals surface area contributed by atoms with Crippen molar-refractivity contribution in [1.82, 2.24) is 9.55 Å². The third-order valence-corrected chi connectivity index (χ3v) is 4.02. The van der Waals surface area contributed by atoms with Gasteiger partial charge in [-0.15, -0.1) is 0 Å². The number of fused-ring (bicyclic) bond motifs is 3. The van der Waals surface area contributed by atoms with E-state index in [0.29, 0.717) is 0 Å². The van der Waals surface area contributed by atoms with E-state index in [1.807, 2.05) is 36.4 Å². The summed E-state index contributed by atoms with van der Waals surface area (Å²) in [6.45, 7) is 0. The maximum Gasteiger partial charge on any atom is 0.260 e. The van der Waals surface area contributed by atoms with E-state index in [0.717, 1.165) is 41.5 Å². The first-order valence-electron chi connectivity index (χ1n) is 6.93. The van der Waals surface area contributed by atoms with Gasteiger partial charge in [0, 0.05) is 17.1 Å². The smallest absolute Gasteiger partial charge is 0.260 e. The van der Waals surface area contributed by atoms with Crippen molar-refractivity contribution >= 4 is 11.0 Å². The summed E-state index contributed by atoms with van der Waals surface area (Å²) in [6.07, 6.45) is 4.68. The van der Waals surface area contributed by atoms with Gasteiger partial charge in [-0.1, -0.05) is 18.2 Å². The van der Waals surface area contributed by atoms with Crippen molar-refractivity contribution in [3.63, 3.8) is 0 Å². The second-order valence-corrected chi connectivity index (χ2v) is 5.16. The van der Waals surface area contributed by atoms with Gasteiger partial charge in [-0.2, -0.15) is 0 Å². The maximum atomic E-state index is 12.8. The number of hydrogen-bond donors (Lipinski definition) is 0. The first kappa shape index (κ1) is 11.4. The molecule has 0 spiro atoms. The zero-order valence-corrected chi connectivity index (χ0v) is 11.0. The Balaban J connectivity index is 2.19. The Bertz CT molecular complexity index is 850. The van der Waals surface area contributed by atoms with Gasteiger partial charge in [0.05, 0.1) is 5.69 Å². The van der Waals surface area contributed by atoms with Crippen molar-refractivity contribution < 1.29 is 0 Å². The van der Waals surface area contributed by atoms with E-state index in [-0.39, 0.29) is 5.56 Å². The van der Waals surface area contributed by atoms with Gasteiger partial charge in [-0.25, -0.2) is 4.98 Å². The van der Waals surface area contributed by atoms with Gasteiger partial charge in [0.1, 0.15) is 5.65 Å². The highest BCUT2D eigenvalue weighted by Crippen LogP contribution is 2.27. The minimum Gasteiger partial charge on any atom is -0.269 e. The zero-order chi connectivity index (χ0) is 13.5. The van der Waals surface area contributed by atoms with Crippen LogP contribution in [0.1, 0.15) is 17.5 Å². The third kappa shape index (κ3) is 1.53. The van der Waals surface area contributed by atoms with Crippen LogP contribution in [0.3, 0.4) is 0 Å². The van der Waals surface area contributed by atoms with Gasteiger partial charge in [0.2, 0.25) is 0 Å². The van der Waals surface area contributed by atoms with Gasteiger partial charge >= 0.3 is 0 Å². The molecule has 3 aromatic rings. The molecule has 20 heavy (non-hydrogen) atoms. The Morgan fingerprint density at radius 1 is 0.950 bits per heavy atom. The maximum absolute atomic E-state index is 12.8. The van der Waals surface area contributed by atoms with E-state index in [1.165, 1.54) is 5.56 Å². The van der Waals surface area contributed by atoms with Crippen molar-refractivity contribution in [2.75, 3.05) is 0 Å². The van der Waals surface area contributed by atoms with Gasteiger partial charge in [0.25, 0.3) is 5.56 Å². The quantitative estimate of drug-likeness (QED) is 0.676. The first-order chi connectivity index (χ1) is 9.86. The molecule has 4 rings (SSSR count). The van der Waals surface area contributed by atoms with E-state index in [2.05, 4.69) is 11.1 Å². The second-order valence-electron chi connectivity index (χ2n) is 5.16. The van der Waals surface area contributed by atoms with Crippen molar-refractivity contribution in [2.24, 2.45) is 0 Å². The van der Waals surface area contributed by atoms with Crippen LogP contribution in [-0.4, -0.2) is 9.55 Å². The Hall–Kier alpha value is -2.42. The summed E-state index contributed by atoms with van der Waals surface area (Å²) >= 11 is 0. The minimum absolute atomic E-state index is 0.0925. The number of aryl methyl sites for hydroxylation is 1. The highest BCUT2D eigenvalue weighted by molar-refractivity contribution is 5.82. The SMILES string of the molecule is O=c1c2c(c3cccnc3n1-c1ccccc1)CCC2. The van der Waals surface area contributed by atoms with Crippen LogP contribution in [0.4, 0.5) is 0 Å². The molecule has 0 atom stereocenters. The van der Waals surface area contributed by atoms with Gasteiger partial charge < -0.3 is 0 Å². The topological polar surface area (TPSA) is 34.9 Å². The largest absolute Gasteiger partial charge is 0.269 e. The number of nitrogens with zero attached hydrogens (tertiary/aromatic N) is 2. The van der Waals surface area contributed by atoms with Crippen LogP contribution in [0.5, 0.6) is 0 Å². The highest BCUT2D eigenvalue weighted by Gasteiger charge is 2.21. The van der Waals surface area contributed by atoms with Crippen LogP contribution in [0.25, 0.3) is 16.7 Å². The standard InChI is InChI=1S/C17H14N2O/c20-17-15-9-4-8-13(15)14-10-5-11-18-16(14)19(17)12-6-2-1-3-7-12/h1-3,5-7,10-11H,4,8-9H2. The van der Waals surface area contributed by atoms with Crippen LogP contribution in [0.15, 0.2) is 53.5 Å². The number of para-hydroxylation sites is 1. The van der Waals surface area contributed by atoms with Gasteiger partial charge in [0.15, 0.2) is 0 Å². The molecule has 0 N–H and O–H groups in total. The Kier molecular flexibility index (Phi) is 2.46. The molecule has 0 unspecified atom stereocenters. The number of aromatic nitrogens is 2. The lowest BCUT2D eigenvalue weighted by molar-refractivity contribution is 0.901. The molecule has 98 valence electrons. The zero-order valence-electron chi connectivity index (χ0n) is 11.0. The van der Waals surface area contributed by atoms with E-state index < -0.39 is 0 Å². The molecule has 3 nitrogen and oxygen atoms in total. The molecule has 1 aliphatic rings. The predicted octanol–water partition coefficient (Wildman–Crippen LogP) is 2.87. The molecule has 2 heterocycles. The van der Waals surface area contributed by atoms with Crippen LogP contribution < -0.4 is 5.56 Å². The van der Waals surface area contributed by atoms with Crippen molar-refractivity contribution in [3.8, 4) is 5.69 Å². The summed E-state index contributed by atoms with van der Waals surface area (Å²) in [4.78, 5) is 17.3. The molecular formula is C17H14N2O. The Morgan fingerprint density at radius 2 is 1.75 bits per heavy atom. The fourth-order valence-corrected chi connectivity index (χ4v) is 3.14. The fraction of sp³-hybridized carbons (Fsp3) is 0.176. The molecule has 1 aromatic carbocycles. The average Bonchev–Trinajstić information content (AvgIpc) is 2.99. The van der Waals surface area contributed by atoms with Crippen LogP contribution in [0.2, 0.25) is 0 Å². The van der Waals surface area contributed by atoms with E-state index in [9.17, 15) is 4.79 Å². The van der Waals surface area contributed by atoms with Crippen molar-refractivity contribution in [3.05, 3.63) is 70.1 Å². The average molecular weight is 262 g/mol. The fourth-order valence-electron chi connectivity index (χ4n) is 3.14. The van der Waals surface area contributed by atoms with Crippen LogP contribution >= 0.6 is 0 Å². The number of rotatable bonds is 1. The lowest BCUT2D eigenvalue weighted by Crippen LogP contribution is -2.23. The molecule has 3 heteroatoms. The van der Waals surface area contributed by atoms with Crippen molar-refractivity contribution in [2.45, 2.75) is 19.3 Å². The molecular weight excluding hydrogens is 248 g/mol. The van der Waals surface area contributed by atoms with E-state index >= 15 is 0 Å². The molecule has 0 bridgehead atoms. The summed E-state index contributed by atoms with van der Waals surface area (Å²) in [5, 5.41) is 1.11. The van der Waals surface area contributed by atoms with Gasteiger partial charge in [-0.05, 0) is 49.1 Å². The molecule has 0 saturated carbocycles. The normalized spacial score (nSPS) is 13.6. The Morgan fingerprint density at radius 3 is 2.60 bits per heavy atom. The highest BCUT2D eigenvalue weighted by atomic mass is 16.1. The van der Waals surface area contributed by atoms with E-state index in [4.69, 9.17) is 0 Å². The lowest BCUT2D eigenvalue weighted by atomic mass is 10.1. The summed E-state index contributed by atoms with van der Waals surface area (Å²) in [5.74, 6) is 0. The molecule has 2 aromatic heterocycles. The van der Waals surface area contributed by atoms with Crippen molar-refractivity contribution in [1.29, 1.82) is 0 Å². The summed E-state index contributed by atoms with van der Waals surface area (Å²) < 4.78 is 1.75. The number of hydrogen-bond acceptors (Lipinski definition) is 2. The van der Waals surface area contributed by atoms with Gasteiger partial charge in [-0.3, -0.25) is 9.36 Å². The Labute approximate surface area is 116 Å². The number of pyridine rings is 2. The molecule has 0 radical (unpaired) electrons. The predicted molar refractivity (Wildman–Crippen MR) is 79.4 cm³/mol. The molecule has 0 saturated heterocycles. The molecule has 1 aliphatic carbocycles. The molecule has 0 fully saturated rings. The third-order valence-electron chi connectivity index (χ3n) is 4.02. The molecule has 0 aliphatic heterocycles. The second kappa shape index (κ2) is 4.30. The first-order valence-corrected chi connectivity index (χ1v) is 6.93. The van der Waals surface area contributed by atoms with E-state index in [1.54, 1.807) is 10.8 Å². The summed E-state index contributed by atoms with van der Waals surface area (Å²) in [6, 6.07) is 13.8. The molecule has 0 amide bonds. The van der Waals surface area contributed by atoms with Crippen LogP contribution in [-0.2, 0) is 12.8 Å². The number of benzene rings is 1. The lowest BCUT2D eigenvalue weighted by Gasteiger charge is -2.13. The summed E-state index contributed by atoms with van der Waals surface area (Å²) in [5.41, 5.74) is 3.91. The minimum atomic E-state index is 0.0925. The summed E-state index contributed by atoms with van der Waals surface area (Å²) in [7, 11) is 0. The van der Waals surface area contributed by atoms with Crippen LogP contribution in [0, 0.1) is 0 Å².